The van der Waals surface area contributed by atoms with Crippen LogP contribution in [0.4, 0.5) is 0 Å². The van der Waals surface area contributed by atoms with Crippen LogP contribution in [0.1, 0.15) is 21.3 Å². The Bertz CT molecular complexity index is 463. The van der Waals surface area contributed by atoms with E-state index < -0.39 is 18.0 Å². The maximum atomic E-state index is 10.9. The monoisotopic (exact) mass is 252 g/mol. The number of carbonyl (C=O) groups is 2. The van der Waals surface area contributed by atoms with Crippen LogP contribution < -0.4 is 15.5 Å². The number of quaternary nitrogens is 1. The first-order valence-corrected chi connectivity index (χ1v) is 6.12. The van der Waals surface area contributed by atoms with E-state index in [2.05, 4.69) is 0 Å². The fourth-order valence-electron chi connectivity index (χ4n) is 1.80. The summed E-state index contributed by atoms with van der Waals surface area (Å²) in [6.07, 6.45) is 0. The molecule has 1 fully saturated rings. The van der Waals surface area contributed by atoms with Crippen molar-refractivity contribution in [3.05, 3.63) is 35.4 Å². The predicted molar refractivity (Wildman–Crippen MR) is 56.7 cm³/mol. The highest BCUT2D eigenvalue weighted by Gasteiger charge is 2.32. The lowest BCUT2D eigenvalue weighted by molar-refractivity contribution is -0.690. The van der Waals surface area contributed by atoms with Crippen molar-refractivity contribution in [2.45, 2.75) is 11.4 Å². The Hall–Kier alpha value is -1.53. The lowest BCUT2D eigenvalue weighted by Gasteiger charge is -2.15. The van der Waals surface area contributed by atoms with Gasteiger partial charge in [-0.3, -0.25) is 0 Å². The molecule has 90 valence electrons. The summed E-state index contributed by atoms with van der Waals surface area (Å²) in [6, 6.07) is 5.86. The third-order valence-electron chi connectivity index (χ3n) is 2.65. The minimum absolute atomic E-state index is 0.111. The van der Waals surface area contributed by atoms with Gasteiger partial charge < -0.3 is 25.1 Å². The number of hydrogen-bond donors (Lipinski definition) is 1. The fraction of sp³-hybridized carbons (Fsp3) is 0.273. The largest absolute Gasteiger partial charge is 0.545 e. The van der Waals surface area contributed by atoms with Crippen LogP contribution in [-0.4, -0.2) is 23.7 Å². The number of thioether (sulfide) groups is 1. The van der Waals surface area contributed by atoms with Crippen LogP contribution >= 0.6 is 11.8 Å². The second-order valence-corrected chi connectivity index (χ2v) is 4.92. The van der Waals surface area contributed by atoms with Crippen molar-refractivity contribution in [3.63, 3.8) is 0 Å². The van der Waals surface area contributed by atoms with Crippen molar-refractivity contribution in [1.82, 2.24) is 0 Å². The number of carbonyl (C=O) groups excluding carboxylic acids is 2. The molecule has 6 heteroatoms. The van der Waals surface area contributed by atoms with Gasteiger partial charge in [-0.25, -0.2) is 0 Å². The minimum atomic E-state index is -1.24. The number of carboxylic acids is 2. The van der Waals surface area contributed by atoms with Gasteiger partial charge in [0.25, 0.3) is 0 Å². The SMILES string of the molecule is O=C([O-])c1ccccc1[C@@H]1[NH2+][C@H](C(=O)[O-])CS1. The van der Waals surface area contributed by atoms with Gasteiger partial charge in [-0.1, -0.05) is 36.0 Å². The average Bonchev–Trinajstić information content (AvgIpc) is 2.78. The molecule has 5 nitrogen and oxygen atoms in total. The summed E-state index contributed by atoms with van der Waals surface area (Å²) in [5.74, 6) is -1.95. The fourth-order valence-corrected chi connectivity index (χ4v) is 3.15. The van der Waals surface area contributed by atoms with Gasteiger partial charge in [0.15, 0.2) is 5.37 Å². The predicted octanol–water partition coefficient (Wildman–Crippen LogP) is -2.52. The Morgan fingerprint density at radius 2 is 2.00 bits per heavy atom. The van der Waals surface area contributed by atoms with E-state index in [1.807, 2.05) is 0 Å². The molecule has 1 aromatic carbocycles. The van der Waals surface area contributed by atoms with Crippen molar-refractivity contribution >= 4 is 23.7 Å². The van der Waals surface area contributed by atoms with E-state index >= 15 is 0 Å². The van der Waals surface area contributed by atoms with E-state index in [0.29, 0.717) is 11.3 Å². The van der Waals surface area contributed by atoms with Gasteiger partial charge in [0, 0.05) is 11.1 Å². The van der Waals surface area contributed by atoms with Gasteiger partial charge in [0.1, 0.15) is 12.0 Å². The second kappa shape index (κ2) is 4.77. The van der Waals surface area contributed by atoms with Gasteiger partial charge in [-0.15, -0.1) is 0 Å². The Morgan fingerprint density at radius 1 is 1.29 bits per heavy atom. The summed E-state index contributed by atoms with van der Waals surface area (Å²) < 4.78 is 0. The van der Waals surface area contributed by atoms with Crippen molar-refractivity contribution in [3.8, 4) is 0 Å². The molecule has 0 saturated carbocycles. The molecule has 0 aromatic heterocycles. The molecule has 0 unspecified atom stereocenters. The van der Waals surface area contributed by atoms with Crippen LogP contribution in [0.5, 0.6) is 0 Å². The van der Waals surface area contributed by atoms with Crippen molar-refractivity contribution in [2.24, 2.45) is 0 Å². The van der Waals surface area contributed by atoms with E-state index in [-0.39, 0.29) is 10.9 Å². The van der Waals surface area contributed by atoms with Crippen LogP contribution in [0, 0.1) is 0 Å². The van der Waals surface area contributed by atoms with E-state index in [9.17, 15) is 19.8 Å². The van der Waals surface area contributed by atoms with Crippen LogP contribution in [0.15, 0.2) is 24.3 Å². The maximum absolute atomic E-state index is 10.9. The molecule has 1 aliphatic rings. The quantitative estimate of drug-likeness (QED) is 0.640. The molecular weight excluding hydrogens is 242 g/mol. The third kappa shape index (κ3) is 2.42. The van der Waals surface area contributed by atoms with Crippen LogP contribution in [0.2, 0.25) is 0 Å². The van der Waals surface area contributed by atoms with E-state index in [1.165, 1.54) is 17.8 Å². The molecule has 17 heavy (non-hydrogen) atoms. The molecule has 0 spiro atoms. The van der Waals surface area contributed by atoms with Gasteiger partial charge in [0.2, 0.25) is 0 Å². The molecule has 2 atom stereocenters. The van der Waals surface area contributed by atoms with Crippen molar-refractivity contribution in [2.75, 3.05) is 5.75 Å². The van der Waals surface area contributed by atoms with Crippen LogP contribution in [0.3, 0.4) is 0 Å². The standard InChI is InChI=1S/C11H11NO4S/c13-10(14)7-4-2-1-3-6(7)9-12-8(5-17-9)11(15)16/h1-4,8-9,12H,5H2,(H,13,14)(H,15,16)/p-1/t8-,9+/m0/s1. The summed E-state index contributed by atoms with van der Waals surface area (Å²) in [4.78, 5) is 21.6. The molecule has 1 aliphatic heterocycles. The summed E-state index contributed by atoms with van der Waals surface area (Å²) in [7, 11) is 0. The summed E-state index contributed by atoms with van der Waals surface area (Å²) in [5.41, 5.74) is 0.696. The Kier molecular flexibility index (Phi) is 3.35. The second-order valence-electron chi connectivity index (χ2n) is 3.75. The zero-order valence-electron chi connectivity index (χ0n) is 8.79. The molecule has 1 heterocycles. The zero-order chi connectivity index (χ0) is 12.4. The molecule has 1 saturated heterocycles. The Labute approximate surface area is 102 Å². The number of benzene rings is 1. The van der Waals surface area contributed by atoms with E-state index in [0.717, 1.165) is 0 Å². The highest BCUT2D eigenvalue weighted by atomic mass is 32.2. The first-order chi connectivity index (χ1) is 8.09. The maximum Gasteiger partial charge on any atom is 0.160 e. The summed E-state index contributed by atoms with van der Waals surface area (Å²) in [5, 5.41) is 23.0. The van der Waals surface area contributed by atoms with E-state index in [4.69, 9.17) is 0 Å². The summed E-state index contributed by atoms with van der Waals surface area (Å²) >= 11 is 1.40. The number of rotatable bonds is 3. The average molecular weight is 252 g/mol. The molecule has 1 aromatic rings. The molecule has 2 rings (SSSR count). The van der Waals surface area contributed by atoms with Crippen molar-refractivity contribution < 1.29 is 25.1 Å². The lowest BCUT2D eigenvalue weighted by atomic mass is 10.1. The number of aromatic carboxylic acids is 1. The third-order valence-corrected chi connectivity index (χ3v) is 3.97. The Balaban J connectivity index is 2.24. The number of hydrogen-bond acceptors (Lipinski definition) is 5. The Morgan fingerprint density at radius 3 is 2.59 bits per heavy atom. The van der Waals surface area contributed by atoms with Crippen LogP contribution in [0.25, 0.3) is 0 Å². The smallest absolute Gasteiger partial charge is 0.160 e. The molecule has 0 radical (unpaired) electrons. The van der Waals surface area contributed by atoms with Crippen LogP contribution in [-0.2, 0) is 4.79 Å². The van der Waals surface area contributed by atoms with Gasteiger partial charge >= 0.3 is 0 Å². The molecule has 0 aliphatic carbocycles. The highest BCUT2D eigenvalue weighted by molar-refractivity contribution is 7.99. The molecule has 0 bridgehead atoms. The van der Waals surface area contributed by atoms with Gasteiger partial charge in [-0.2, -0.15) is 0 Å². The first-order valence-electron chi connectivity index (χ1n) is 5.07. The number of nitrogens with two attached hydrogens (primary N) is 1. The number of aliphatic carboxylic acids is 1. The topological polar surface area (TPSA) is 96.9 Å². The van der Waals surface area contributed by atoms with Crippen molar-refractivity contribution in [1.29, 1.82) is 0 Å². The van der Waals surface area contributed by atoms with Gasteiger partial charge in [0.05, 0.1) is 11.7 Å². The highest BCUT2D eigenvalue weighted by Crippen LogP contribution is 2.28. The van der Waals surface area contributed by atoms with Gasteiger partial charge in [-0.05, 0) is 0 Å². The molecular formula is C11H10NO4S-. The minimum Gasteiger partial charge on any atom is -0.545 e. The summed E-state index contributed by atoms with van der Waals surface area (Å²) in [6.45, 7) is 0. The molecule has 0 amide bonds. The normalized spacial score (nSPS) is 23.5. The number of carboxylic acid groups (broad SMARTS) is 2. The first kappa shape index (κ1) is 11.9. The zero-order valence-corrected chi connectivity index (χ0v) is 9.61. The molecule has 2 N–H and O–H groups in total. The lowest BCUT2D eigenvalue weighted by Crippen LogP contribution is -2.90. The van der Waals surface area contributed by atoms with E-state index in [1.54, 1.807) is 23.5 Å².